The summed E-state index contributed by atoms with van der Waals surface area (Å²) in [6, 6.07) is 10.4. The first-order chi connectivity index (χ1) is 14.3. The quantitative estimate of drug-likeness (QED) is 0.622. The minimum atomic E-state index is 0.649. The van der Waals surface area contributed by atoms with Gasteiger partial charge in [-0.05, 0) is 43.5 Å². The van der Waals surface area contributed by atoms with Crippen LogP contribution in [-0.4, -0.2) is 66.6 Å². The lowest BCUT2D eigenvalue weighted by Gasteiger charge is -2.37. The van der Waals surface area contributed by atoms with Gasteiger partial charge in [-0.1, -0.05) is 12.1 Å². The van der Waals surface area contributed by atoms with Crippen molar-refractivity contribution in [2.24, 2.45) is 4.99 Å². The average Bonchev–Trinajstić information content (AvgIpc) is 3.33. The van der Waals surface area contributed by atoms with E-state index in [2.05, 4.69) is 55.1 Å². The number of nitrogens with zero attached hydrogens (tertiary/aromatic N) is 6. The summed E-state index contributed by atoms with van der Waals surface area (Å²) in [4.78, 5) is 21.0. The smallest absolute Gasteiger partial charge is 0.194 e. The first-order valence-electron chi connectivity index (χ1n) is 10.7. The van der Waals surface area contributed by atoms with Gasteiger partial charge < -0.3 is 20.0 Å². The second kappa shape index (κ2) is 9.58. The van der Waals surface area contributed by atoms with E-state index >= 15 is 0 Å². The van der Waals surface area contributed by atoms with Crippen molar-refractivity contribution in [1.29, 1.82) is 0 Å². The Kier molecular flexibility index (Phi) is 6.44. The predicted molar refractivity (Wildman–Crippen MR) is 119 cm³/mol. The van der Waals surface area contributed by atoms with Crippen LogP contribution in [0.25, 0.3) is 0 Å². The molecule has 4 rings (SSSR count). The van der Waals surface area contributed by atoms with Crippen molar-refractivity contribution >= 4 is 17.6 Å². The number of hydrogen-bond acceptors (Lipinski definition) is 5. The zero-order valence-corrected chi connectivity index (χ0v) is 17.3. The third kappa shape index (κ3) is 4.96. The van der Waals surface area contributed by atoms with E-state index in [1.165, 1.54) is 12.8 Å². The standard InChI is InChI=1S/C22H31N7/c1-2-23-22(29-15-13-28(14-16-29)20-7-3-4-10-24-20)26-18-19-8-9-21(25-17-19)27-11-5-6-12-27/h3-4,7-10,17H,2,5-6,11-16,18H2,1H3,(H,23,26). The molecule has 0 spiro atoms. The van der Waals surface area contributed by atoms with Gasteiger partial charge in [0, 0.05) is 58.2 Å². The largest absolute Gasteiger partial charge is 0.357 e. The molecular weight excluding hydrogens is 362 g/mol. The van der Waals surface area contributed by atoms with E-state index in [1.54, 1.807) is 0 Å². The first-order valence-corrected chi connectivity index (χ1v) is 10.7. The third-order valence-electron chi connectivity index (χ3n) is 5.54. The average molecular weight is 394 g/mol. The van der Waals surface area contributed by atoms with Gasteiger partial charge in [0.15, 0.2) is 5.96 Å². The van der Waals surface area contributed by atoms with Crippen LogP contribution in [0.2, 0.25) is 0 Å². The molecule has 2 aliphatic heterocycles. The molecule has 154 valence electrons. The zero-order valence-electron chi connectivity index (χ0n) is 17.3. The first kappa shape index (κ1) is 19.5. The number of aromatic nitrogens is 2. The van der Waals surface area contributed by atoms with Gasteiger partial charge >= 0.3 is 0 Å². The number of aliphatic imine (C=N–C) groups is 1. The number of rotatable bonds is 5. The zero-order chi connectivity index (χ0) is 19.9. The van der Waals surface area contributed by atoms with Crippen LogP contribution >= 0.6 is 0 Å². The lowest BCUT2D eigenvalue weighted by atomic mass is 10.3. The maximum absolute atomic E-state index is 4.88. The molecule has 0 aliphatic carbocycles. The molecule has 2 fully saturated rings. The lowest BCUT2D eigenvalue weighted by molar-refractivity contribution is 0.371. The normalized spacial score (nSPS) is 17.7. The van der Waals surface area contributed by atoms with Gasteiger partial charge in [0.2, 0.25) is 0 Å². The molecule has 0 atom stereocenters. The van der Waals surface area contributed by atoms with Gasteiger partial charge in [-0.2, -0.15) is 0 Å². The molecule has 29 heavy (non-hydrogen) atoms. The highest BCUT2D eigenvalue weighted by atomic mass is 15.4. The summed E-state index contributed by atoms with van der Waals surface area (Å²) < 4.78 is 0. The van der Waals surface area contributed by atoms with E-state index in [9.17, 15) is 0 Å². The summed E-state index contributed by atoms with van der Waals surface area (Å²) in [5.74, 6) is 3.13. The number of anilines is 2. The van der Waals surface area contributed by atoms with Crippen molar-refractivity contribution in [2.45, 2.75) is 26.3 Å². The van der Waals surface area contributed by atoms with Crippen LogP contribution in [0.15, 0.2) is 47.7 Å². The Morgan fingerprint density at radius 2 is 1.69 bits per heavy atom. The molecule has 0 saturated carbocycles. The highest BCUT2D eigenvalue weighted by molar-refractivity contribution is 5.80. The Morgan fingerprint density at radius 3 is 2.34 bits per heavy atom. The van der Waals surface area contributed by atoms with Gasteiger partial charge in [0.1, 0.15) is 11.6 Å². The monoisotopic (exact) mass is 393 g/mol. The fraction of sp³-hybridized carbons (Fsp3) is 0.500. The molecule has 2 saturated heterocycles. The van der Waals surface area contributed by atoms with Gasteiger partial charge in [-0.15, -0.1) is 0 Å². The molecule has 7 heteroatoms. The molecule has 1 N–H and O–H groups in total. The number of piperazine rings is 1. The highest BCUT2D eigenvalue weighted by Crippen LogP contribution is 2.18. The molecule has 4 heterocycles. The summed E-state index contributed by atoms with van der Waals surface area (Å²) in [7, 11) is 0. The molecule has 2 aromatic rings. The summed E-state index contributed by atoms with van der Waals surface area (Å²) >= 11 is 0. The maximum Gasteiger partial charge on any atom is 0.194 e. The summed E-state index contributed by atoms with van der Waals surface area (Å²) in [5.41, 5.74) is 1.15. The second-order valence-electron chi connectivity index (χ2n) is 7.55. The van der Waals surface area contributed by atoms with Crippen LogP contribution in [0.3, 0.4) is 0 Å². The molecule has 2 aromatic heterocycles. The number of guanidine groups is 1. The fourth-order valence-corrected chi connectivity index (χ4v) is 3.92. The Hall–Kier alpha value is -2.83. The molecule has 0 bridgehead atoms. The van der Waals surface area contributed by atoms with E-state index in [0.717, 1.165) is 69.0 Å². The SMILES string of the molecule is CCNC(=NCc1ccc(N2CCCC2)nc1)N1CCN(c2ccccn2)CC1. The van der Waals surface area contributed by atoms with Gasteiger partial charge in [-0.3, -0.25) is 0 Å². The third-order valence-corrected chi connectivity index (χ3v) is 5.54. The molecule has 7 nitrogen and oxygen atoms in total. The number of hydrogen-bond donors (Lipinski definition) is 1. The van der Waals surface area contributed by atoms with Crippen molar-refractivity contribution in [2.75, 3.05) is 55.6 Å². The van der Waals surface area contributed by atoms with Gasteiger partial charge in [-0.25, -0.2) is 15.0 Å². The molecule has 0 aromatic carbocycles. The van der Waals surface area contributed by atoms with Crippen LogP contribution in [-0.2, 0) is 6.54 Å². The van der Waals surface area contributed by atoms with Crippen molar-refractivity contribution in [3.05, 3.63) is 48.3 Å². The topological polar surface area (TPSA) is 59.9 Å². The summed E-state index contributed by atoms with van der Waals surface area (Å²) in [6.07, 6.45) is 6.37. The van der Waals surface area contributed by atoms with Crippen LogP contribution in [0.5, 0.6) is 0 Å². The Morgan fingerprint density at radius 1 is 0.931 bits per heavy atom. The predicted octanol–water partition coefficient (Wildman–Crippen LogP) is 2.36. The fourth-order valence-electron chi connectivity index (χ4n) is 3.92. The van der Waals surface area contributed by atoms with Crippen LogP contribution in [0.1, 0.15) is 25.3 Å². The number of nitrogens with one attached hydrogen (secondary N) is 1. The molecule has 0 amide bonds. The Labute approximate surface area is 173 Å². The summed E-state index contributed by atoms with van der Waals surface area (Å²) in [5, 5.41) is 3.45. The number of pyridine rings is 2. The lowest BCUT2D eigenvalue weighted by Crippen LogP contribution is -2.52. The van der Waals surface area contributed by atoms with Crippen molar-refractivity contribution in [3.8, 4) is 0 Å². The Balaban J connectivity index is 1.35. The van der Waals surface area contributed by atoms with Crippen LogP contribution in [0, 0.1) is 0 Å². The van der Waals surface area contributed by atoms with Gasteiger partial charge in [0.05, 0.1) is 6.54 Å². The van der Waals surface area contributed by atoms with E-state index in [4.69, 9.17) is 4.99 Å². The Bertz CT molecular complexity index is 777. The van der Waals surface area contributed by atoms with Crippen molar-refractivity contribution in [1.82, 2.24) is 20.2 Å². The van der Waals surface area contributed by atoms with E-state index in [-0.39, 0.29) is 0 Å². The second-order valence-corrected chi connectivity index (χ2v) is 7.55. The van der Waals surface area contributed by atoms with E-state index in [0.29, 0.717) is 6.54 Å². The molecule has 0 unspecified atom stereocenters. The van der Waals surface area contributed by atoms with Crippen LogP contribution < -0.4 is 15.1 Å². The summed E-state index contributed by atoms with van der Waals surface area (Å²) in [6.45, 7) is 9.66. The van der Waals surface area contributed by atoms with Gasteiger partial charge in [0.25, 0.3) is 0 Å². The minimum absolute atomic E-state index is 0.649. The van der Waals surface area contributed by atoms with E-state index < -0.39 is 0 Å². The molecule has 2 aliphatic rings. The highest BCUT2D eigenvalue weighted by Gasteiger charge is 2.20. The maximum atomic E-state index is 4.88. The molecular formula is C22H31N7. The minimum Gasteiger partial charge on any atom is -0.357 e. The van der Waals surface area contributed by atoms with E-state index in [1.807, 2.05) is 24.5 Å². The molecule has 0 radical (unpaired) electrons. The van der Waals surface area contributed by atoms with Crippen LogP contribution in [0.4, 0.5) is 11.6 Å². The van der Waals surface area contributed by atoms with Crippen molar-refractivity contribution in [3.63, 3.8) is 0 Å². The van der Waals surface area contributed by atoms with Crippen molar-refractivity contribution < 1.29 is 0 Å².